The van der Waals surface area contributed by atoms with E-state index in [2.05, 4.69) is 29.6 Å². The van der Waals surface area contributed by atoms with Gasteiger partial charge < -0.3 is 9.47 Å². The van der Waals surface area contributed by atoms with Crippen LogP contribution in [0, 0.1) is 13.8 Å². The number of anilines is 1. The third-order valence-corrected chi connectivity index (χ3v) is 3.91. The molecule has 0 saturated carbocycles. The SMILES string of the molecule is Cc1cc(N(C)Cc2nnc3n2CCCCC3)nc(C)n1. The molecule has 0 radical (unpaired) electrons. The number of nitrogens with zero attached hydrogens (tertiary/aromatic N) is 6. The zero-order chi connectivity index (χ0) is 14.8. The first-order chi connectivity index (χ1) is 10.1. The highest BCUT2D eigenvalue weighted by Crippen LogP contribution is 2.17. The zero-order valence-electron chi connectivity index (χ0n) is 13.0. The molecule has 0 atom stereocenters. The Labute approximate surface area is 125 Å². The van der Waals surface area contributed by atoms with Crippen molar-refractivity contribution in [2.75, 3.05) is 11.9 Å². The third kappa shape index (κ3) is 3.04. The van der Waals surface area contributed by atoms with Gasteiger partial charge in [-0.15, -0.1) is 10.2 Å². The molecular formula is C15H22N6. The normalized spacial score (nSPS) is 14.6. The third-order valence-electron chi connectivity index (χ3n) is 3.91. The fourth-order valence-corrected chi connectivity index (χ4v) is 2.85. The van der Waals surface area contributed by atoms with Crippen LogP contribution in [0.25, 0.3) is 0 Å². The maximum atomic E-state index is 4.50. The minimum absolute atomic E-state index is 0.725. The Kier molecular flexibility index (Phi) is 3.86. The predicted octanol–water partition coefficient (Wildman–Crippen LogP) is 2.05. The summed E-state index contributed by atoms with van der Waals surface area (Å²) in [7, 11) is 2.04. The predicted molar refractivity (Wildman–Crippen MR) is 81.2 cm³/mol. The van der Waals surface area contributed by atoms with E-state index in [1.807, 2.05) is 27.0 Å². The van der Waals surface area contributed by atoms with Crippen molar-refractivity contribution in [3.05, 3.63) is 29.2 Å². The summed E-state index contributed by atoms with van der Waals surface area (Å²) in [6, 6.07) is 2.01. The van der Waals surface area contributed by atoms with Crippen LogP contribution in [-0.2, 0) is 19.5 Å². The molecule has 0 saturated heterocycles. The van der Waals surface area contributed by atoms with Crippen LogP contribution in [0.2, 0.25) is 0 Å². The molecular weight excluding hydrogens is 264 g/mol. The van der Waals surface area contributed by atoms with Gasteiger partial charge in [0.15, 0.2) is 5.82 Å². The van der Waals surface area contributed by atoms with Crippen molar-refractivity contribution < 1.29 is 0 Å². The van der Waals surface area contributed by atoms with E-state index < -0.39 is 0 Å². The molecule has 2 aromatic rings. The summed E-state index contributed by atoms with van der Waals surface area (Å²) in [4.78, 5) is 10.9. The maximum Gasteiger partial charge on any atom is 0.152 e. The molecule has 1 aliphatic heterocycles. The molecule has 21 heavy (non-hydrogen) atoms. The molecule has 0 aliphatic carbocycles. The smallest absolute Gasteiger partial charge is 0.152 e. The number of aromatic nitrogens is 5. The van der Waals surface area contributed by atoms with Crippen molar-refractivity contribution in [3.8, 4) is 0 Å². The van der Waals surface area contributed by atoms with Crippen molar-refractivity contribution in [3.63, 3.8) is 0 Å². The lowest BCUT2D eigenvalue weighted by atomic mass is 10.2. The van der Waals surface area contributed by atoms with Crippen LogP contribution in [0.4, 0.5) is 5.82 Å². The number of fused-ring (bicyclic) bond motifs is 1. The lowest BCUT2D eigenvalue weighted by Gasteiger charge is -2.19. The van der Waals surface area contributed by atoms with E-state index in [1.165, 1.54) is 19.3 Å². The van der Waals surface area contributed by atoms with Crippen molar-refractivity contribution in [1.29, 1.82) is 0 Å². The molecule has 2 aromatic heterocycles. The second kappa shape index (κ2) is 5.79. The van der Waals surface area contributed by atoms with Gasteiger partial charge in [-0.05, 0) is 26.7 Å². The Hall–Kier alpha value is -1.98. The number of hydrogen-bond acceptors (Lipinski definition) is 5. The summed E-state index contributed by atoms with van der Waals surface area (Å²) in [6.07, 6.45) is 4.76. The zero-order valence-corrected chi connectivity index (χ0v) is 13.0. The Balaban J connectivity index is 1.81. The Bertz CT molecular complexity index is 613. The molecule has 0 amide bonds. The molecule has 0 aromatic carbocycles. The van der Waals surface area contributed by atoms with Crippen LogP contribution in [0.1, 0.15) is 42.4 Å². The first kappa shape index (κ1) is 14.0. The van der Waals surface area contributed by atoms with E-state index in [9.17, 15) is 0 Å². The highest BCUT2D eigenvalue weighted by atomic mass is 15.3. The van der Waals surface area contributed by atoms with E-state index in [1.54, 1.807) is 0 Å². The molecule has 3 rings (SSSR count). The lowest BCUT2D eigenvalue weighted by molar-refractivity contribution is 0.601. The monoisotopic (exact) mass is 286 g/mol. The van der Waals surface area contributed by atoms with Gasteiger partial charge in [-0.1, -0.05) is 6.42 Å². The summed E-state index contributed by atoms with van der Waals surface area (Å²) >= 11 is 0. The largest absolute Gasteiger partial charge is 0.352 e. The molecule has 0 unspecified atom stereocenters. The average Bonchev–Trinajstić information content (AvgIpc) is 2.67. The minimum atomic E-state index is 0.725. The lowest BCUT2D eigenvalue weighted by Crippen LogP contribution is -2.21. The minimum Gasteiger partial charge on any atom is -0.352 e. The molecule has 0 bridgehead atoms. The van der Waals surface area contributed by atoms with E-state index in [0.29, 0.717) is 0 Å². The van der Waals surface area contributed by atoms with Crippen LogP contribution in [0.5, 0.6) is 0 Å². The van der Waals surface area contributed by atoms with Gasteiger partial charge in [-0.3, -0.25) is 0 Å². The van der Waals surface area contributed by atoms with Crippen molar-refractivity contribution in [2.45, 2.75) is 52.6 Å². The van der Waals surface area contributed by atoms with Gasteiger partial charge in [-0.2, -0.15) is 0 Å². The highest BCUT2D eigenvalue weighted by molar-refractivity contribution is 5.38. The molecule has 0 spiro atoms. The second-order valence-corrected chi connectivity index (χ2v) is 5.77. The van der Waals surface area contributed by atoms with E-state index in [0.717, 1.165) is 48.5 Å². The Morgan fingerprint density at radius 1 is 1.14 bits per heavy atom. The van der Waals surface area contributed by atoms with Crippen molar-refractivity contribution in [2.24, 2.45) is 0 Å². The van der Waals surface area contributed by atoms with E-state index >= 15 is 0 Å². The van der Waals surface area contributed by atoms with E-state index in [4.69, 9.17) is 0 Å². The van der Waals surface area contributed by atoms with Gasteiger partial charge in [0, 0.05) is 31.8 Å². The number of aryl methyl sites for hydroxylation is 3. The molecule has 6 nitrogen and oxygen atoms in total. The first-order valence-corrected chi connectivity index (χ1v) is 7.58. The number of rotatable bonds is 3. The van der Waals surface area contributed by atoms with Gasteiger partial charge in [0.1, 0.15) is 17.5 Å². The van der Waals surface area contributed by atoms with Crippen molar-refractivity contribution >= 4 is 5.82 Å². The van der Waals surface area contributed by atoms with Gasteiger partial charge >= 0.3 is 0 Å². The van der Waals surface area contributed by atoms with Crippen LogP contribution >= 0.6 is 0 Å². The summed E-state index contributed by atoms with van der Waals surface area (Å²) in [5.74, 6) is 3.90. The van der Waals surface area contributed by atoms with Gasteiger partial charge in [0.25, 0.3) is 0 Å². The maximum absolute atomic E-state index is 4.50. The summed E-state index contributed by atoms with van der Waals surface area (Å²) < 4.78 is 2.28. The molecule has 3 heterocycles. The first-order valence-electron chi connectivity index (χ1n) is 7.58. The fraction of sp³-hybridized carbons (Fsp3) is 0.600. The quantitative estimate of drug-likeness (QED) is 0.864. The molecule has 6 heteroatoms. The van der Waals surface area contributed by atoms with Crippen LogP contribution in [0.3, 0.4) is 0 Å². The molecule has 0 N–H and O–H groups in total. The topological polar surface area (TPSA) is 59.7 Å². The summed E-state index contributed by atoms with van der Waals surface area (Å²) in [5.41, 5.74) is 0.990. The van der Waals surface area contributed by atoms with Crippen LogP contribution in [-0.4, -0.2) is 31.8 Å². The Morgan fingerprint density at radius 3 is 2.81 bits per heavy atom. The molecule has 0 fully saturated rings. The van der Waals surface area contributed by atoms with Crippen molar-refractivity contribution in [1.82, 2.24) is 24.7 Å². The number of hydrogen-bond donors (Lipinski definition) is 0. The second-order valence-electron chi connectivity index (χ2n) is 5.77. The van der Waals surface area contributed by atoms with E-state index in [-0.39, 0.29) is 0 Å². The Morgan fingerprint density at radius 2 is 2.00 bits per heavy atom. The van der Waals surface area contributed by atoms with Gasteiger partial charge in [0.05, 0.1) is 6.54 Å². The van der Waals surface area contributed by atoms with Crippen LogP contribution < -0.4 is 4.90 Å². The average molecular weight is 286 g/mol. The fourth-order valence-electron chi connectivity index (χ4n) is 2.85. The summed E-state index contributed by atoms with van der Waals surface area (Å²) in [5, 5.41) is 8.73. The highest BCUT2D eigenvalue weighted by Gasteiger charge is 2.16. The molecule has 112 valence electrons. The molecule has 1 aliphatic rings. The summed E-state index contributed by atoms with van der Waals surface area (Å²) in [6.45, 7) is 5.68. The van der Waals surface area contributed by atoms with Gasteiger partial charge in [-0.25, -0.2) is 9.97 Å². The van der Waals surface area contributed by atoms with Crippen LogP contribution in [0.15, 0.2) is 6.07 Å². The standard InChI is InChI=1S/C15H22N6/c1-11-9-14(17-12(2)16-11)20(3)10-15-19-18-13-7-5-4-6-8-21(13)15/h9H,4-8,10H2,1-3H3. The van der Waals surface area contributed by atoms with Gasteiger partial charge in [0.2, 0.25) is 0 Å².